The van der Waals surface area contributed by atoms with Gasteiger partial charge in [0.05, 0.1) is 24.3 Å². The van der Waals surface area contributed by atoms with Gasteiger partial charge in [-0.2, -0.15) is 0 Å². The summed E-state index contributed by atoms with van der Waals surface area (Å²) in [5, 5.41) is 0.768. The van der Waals surface area contributed by atoms with Gasteiger partial charge in [-0.25, -0.2) is 4.98 Å². The van der Waals surface area contributed by atoms with Gasteiger partial charge in [-0.3, -0.25) is 19.0 Å². The van der Waals surface area contributed by atoms with Crippen molar-refractivity contribution in [2.24, 2.45) is 5.92 Å². The first-order chi connectivity index (χ1) is 13.6. The summed E-state index contributed by atoms with van der Waals surface area (Å²) in [6.45, 7) is 3.35. The minimum absolute atomic E-state index is 0.0588. The van der Waals surface area contributed by atoms with Crippen LogP contribution in [0.4, 0.5) is 0 Å². The number of aromatic nitrogens is 2. The second-order valence-electron chi connectivity index (χ2n) is 7.78. The maximum atomic E-state index is 13.0. The molecule has 1 aromatic heterocycles. The third-order valence-electron chi connectivity index (χ3n) is 6.00. The van der Waals surface area contributed by atoms with E-state index in [1.54, 1.807) is 16.3 Å². The van der Waals surface area contributed by atoms with Crippen molar-refractivity contribution < 1.29 is 14.3 Å². The van der Waals surface area contributed by atoms with E-state index in [1.165, 1.54) is 0 Å². The molecule has 1 aliphatic carbocycles. The van der Waals surface area contributed by atoms with Gasteiger partial charge in [0.25, 0.3) is 5.56 Å². The van der Waals surface area contributed by atoms with Crippen LogP contribution in [-0.2, 0) is 27.2 Å². The quantitative estimate of drug-likeness (QED) is 0.563. The molecule has 1 amide bonds. The van der Waals surface area contributed by atoms with Crippen LogP contribution in [0.5, 0.6) is 0 Å². The number of amides is 1. The van der Waals surface area contributed by atoms with Crippen LogP contribution in [0.25, 0.3) is 0 Å². The molecule has 4 rings (SSSR count). The Labute approximate surface area is 168 Å². The number of piperidine rings is 1. The lowest BCUT2D eigenvalue weighted by Crippen LogP contribution is -2.42. The monoisotopic (exact) mass is 405 g/mol. The first kappa shape index (κ1) is 19.5. The molecule has 2 aliphatic heterocycles. The van der Waals surface area contributed by atoms with Crippen LogP contribution in [-0.4, -0.2) is 51.8 Å². The molecule has 0 saturated carbocycles. The molecule has 7 nitrogen and oxygen atoms in total. The summed E-state index contributed by atoms with van der Waals surface area (Å²) in [4.78, 5) is 44.2. The van der Waals surface area contributed by atoms with Crippen molar-refractivity contribution in [1.29, 1.82) is 0 Å². The summed E-state index contributed by atoms with van der Waals surface area (Å²) in [5.74, 6) is 0.518. The molecule has 3 aliphatic rings. The number of nitrogens with zero attached hydrogens (tertiary/aromatic N) is 3. The summed E-state index contributed by atoms with van der Waals surface area (Å²) in [6.07, 6.45) is 5.44. The van der Waals surface area contributed by atoms with Crippen LogP contribution >= 0.6 is 11.8 Å². The highest BCUT2D eigenvalue weighted by Crippen LogP contribution is 2.34. The molecule has 1 atom stereocenters. The lowest BCUT2D eigenvalue weighted by atomic mass is 9.96. The molecule has 3 heterocycles. The number of likely N-dealkylation sites (tertiary alicyclic amines) is 1. The Kier molecular flexibility index (Phi) is 5.75. The van der Waals surface area contributed by atoms with E-state index < -0.39 is 0 Å². The zero-order valence-corrected chi connectivity index (χ0v) is 17.1. The van der Waals surface area contributed by atoms with Crippen LogP contribution in [0, 0.1) is 5.92 Å². The van der Waals surface area contributed by atoms with Crippen LogP contribution in [0.15, 0.2) is 9.95 Å². The zero-order chi connectivity index (χ0) is 19.7. The topological polar surface area (TPSA) is 81.5 Å². The molecule has 8 heteroatoms. The first-order valence-corrected chi connectivity index (χ1v) is 11.3. The number of hydrogen-bond acceptors (Lipinski definition) is 6. The Morgan fingerprint density at radius 3 is 2.71 bits per heavy atom. The number of thioether (sulfide) groups is 1. The van der Waals surface area contributed by atoms with E-state index in [1.807, 2.05) is 11.8 Å². The average Bonchev–Trinajstić information content (AvgIpc) is 3.11. The molecular formula is C20H27N3O4S. The molecule has 0 spiro atoms. The van der Waals surface area contributed by atoms with Gasteiger partial charge in [0.15, 0.2) is 5.16 Å². The molecule has 1 saturated heterocycles. The van der Waals surface area contributed by atoms with E-state index in [2.05, 4.69) is 0 Å². The summed E-state index contributed by atoms with van der Waals surface area (Å²) in [7, 11) is 0. The molecule has 28 heavy (non-hydrogen) atoms. The Balaban J connectivity index is 1.41. The highest BCUT2D eigenvalue weighted by atomic mass is 32.2. The summed E-state index contributed by atoms with van der Waals surface area (Å²) >= 11 is 1.58. The predicted octanol–water partition coefficient (Wildman–Crippen LogP) is 1.96. The maximum Gasteiger partial charge on any atom is 0.309 e. The van der Waals surface area contributed by atoms with E-state index >= 15 is 0 Å². The van der Waals surface area contributed by atoms with Crippen molar-refractivity contribution in [1.82, 2.24) is 14.5 Å². The Bertz CT molecular complexity index is 829. The van der Waals surface area contributed by atoms with E-state index in [0.717, 1.165) is 47.8 Å². The second kappa shape index (κ2) is 8.27. The molecule has 0 bridgehead atoms. The molecular weight excluding hydrogens is 378 g/mol. The third-order valence-corrected chi connectivity index (χ3v) is 7.10. The molecule has 152 valence electrons. The smallest absolute Gasteiger partial charge is 0.309 e. The van der Waals surface area contributed by atoms with Crippen LogP contribution in [0.2, 0.25) is 0 Å². The first-order valence-electron chi connectivity index (χ1n) is 10.3. The number of rotatable bonds is 4. The SMILES string of the molecule is CCOC(=O)C1CCN(C(=O)C[C@@H]2CSc3nc4c(c(=O)n32)CCCC4)CC1. The van der Waals surface area contributed by atoms with Gasteiger partial charge in [-0.15, -0.1) is 0 Å². The minimum Gasteiger partial charge on any atom is -0.466 e. The Morgan fingerprint density at radius 1 is 1.21 bits per heavy atom. The van der Waals surface area contributed by atoms with E-state index in [4.69, 9.17) is 9.72 Å². The van der Waals surface area contributed by atoms with Gasteiger partial charge in [-0.05, 0) is 45.4 Å². The molecule has 0 unspecified atom stereocenters. The standard InChI is InChI=1S/C20H27N3O4S/c1-2-27-19(26)13-7-9-22(10-8-13)17(24)11-14-12-28-20-21-16-6-4-3-5-15(16)18(25)23(14)20/h13-14H,2-12H2,1H3/t14-/m1/s1. The van der Waals surface area contributed by atoms with Gasteiger partial charge >= 0.3 is 5.97 Å². The van der Waals surface area contributed by atoms with Gasteiger partial charge < -0.3 is 9.64 Å². The number of carbonyl (C=O) groups excluding carboxylic acids is 2. The Morgan fingerprint density at radius 2 is 1.96 bits per heavy atom. The summed E-state index contributed by atoms with van der Waals surface area (Å²) < 4.78 is 6.85. The molecule has 1 aromatic rings. The number of esters is 1. The fraction of sp³-hybridized carbons (Fsp3) is 0.700. The highest BCUT2D eigenvalue weighted by Gasteiger charge is 2.33. The van der Waals surface area contributed by atoms with Crippen LogP contribution in [0.1, 0.15) is 56.3 Å². The van der Waals surface area contributed by atoms with Gasteiger partial charge in [0, 0.05) is 30.8 Å². The zero-order valence-electron chi connectivity index (χ0n) is 16.3. The lowest BCUT2D eigenvalue weighted by Gasteiger charge is -2.31. The van der Waals surface area contributed by atoms with Crippen molar-refractivity contribution in [2.75, 3.05) is 25.4 Å². The number of carbonyl (C=O) groups is 2. The number of ether oxygens (including phenoxy) is 1. The van der Waals surface area contributed by atoms with Crippen LogP contribution in [0.3, 0.4) is 0 Å². The van der Waals surface area contributed by atoms with Crippen molar-refractivity contribution in [3.8, 4) is 0 Å². The third kappa shape index (κ3) is 3.71. The van der Waals surface area contributed by atoms with Gasteiger partial charge in [-0.1, -0.05) is 11.8 Å². The number of hydrogen-bond donors (Lipinski definition) is 0. The van der Waals surface area contributed by atoms with Crippen molar-refractivity contribution in [2.45, 2.75) is 63.1 Å². The largest absolute Gasteiger partial charge is 0.466 e. The molecule has 0 radical (unpaired) electrons. The fourth-order valence-electron chi connectivity index (χ4n) is 4.42. The molecule has 1 fully saturated rings. The number of fused-ring (bicyclic) bond motifs is 2. The van der Waals surface area contributed by atoms with Crippen molar-refractivity contribution >= 4 is 23.6 Å². The van der Waals surface area contributed by atoms with Crippen molar-refractivity contribution in [3.63, 3.8) is 0 Å². The highest BCUT2D eigenvalue weighted by molar-refractivity contribution is 7.99. The van der Waals surface area contributed by atoms with Crippen LogP contribution < -0.4 is 5.56 Å². The second-order valence-corrected chi connectivity index (χ2v) is 8.77. The normalized spacial score (nSPS) is 21.9. The fourth-order valence-corrected chi connectivity index (χ4v) is 5.57. The predicted molar refractivity (Wildman–Crippen MR) is 105 cm³/mol. The molecule has 0 N–H and O–H groups in total. The van der Waals surface area contributed by atoms with E-state index in [0.29, 0.717) is 39.0 Å². The van der Waals surface area contributed by atoms with Gasteiger partial charge in [0.2, 0.25) is 5.91 Å². The summed E-state index contributed by atoms with van der Waals surface area (Å²) in [6, 6.07) is -0.123. The Hall–Kier alpha value is -1.83. The van der Waals surface area contributed by atoms with Gasteiger partial charge in [0.1, 0.15) is 0 Å². The summed E-state index contributed by atoms with van der Waals surface area (Å²) in [5.41, 5.74) is 1.87. The average molecular weight is 406 g/mol. The number of aryl methyl sites for hydroxylation is 1. The van der Waals surface area contributed by atoms with Crippen molar-refractivity contribution in [3.05, 3.63) is 21.6 Å². The lowest BCUT2D eigenvalue weighted by molar-refractivity contribution is -0.151. The maximum absolute atomic E-state index is 13.0. The van der Waals surface area contributed by atoms with E-state index in [9.17, 15) is 14.4 Å². The molecule has 0 aromatic carbocycles. The van der Waals surface area contributed by atoms with E-state index in [-0.39, 0.29) is 29.4 Å². The minimum atomic E-state index is -0.155.